The third-order valence-electron chi connectivity index (χ3n) is 2.38. The van der Waals surface area contributed by atoms with Crippen molar-refractivity contribution in [2.24, 2.45) is 0 Å². The van der Waals surface area contributed by atoms with E-state index >= 15 is 0 Å². The summed E-state index contributed by atoms with van der Waals surface area (Å²) < 4.78 is 38.8. The first-order valence-electron chi connectivity index (χ1n) is 5.37. The molecule has 7 nitrogen and oxygen atoms in total. The van der Waals surface area contributed by atoms with Crippen LogP contribution in [0.4, 0.5) is 4.39 Å². The Morgan fingerprint density at radius 1 is 1.50 bits per heavy atom. The van der Waals surface area contributed by atoms with Gasteiger partial charge in [0.25, 0.3) is 0 Å². The molecule has 1 rings (SSSR count). The fourth-order valence-electron chi connectivity index (χ4n) is 1.37. The standard InChI is InChI=1S/C11H11FN2O5S/c12-9-2-1-8(5-7(9)6-13)20(18,19)14-10(3-4-15)11(16)17/h1-2,5,10,14-15H,3-4H2,(H,16,17). The van der Waals surface area contributed by atoms with Crippen LogP contribution in [-0.2, 0) is 14.8 Å². The summed E-state index contributed by atoms with van der Waals surface area (Å²) in [5, 5.41) is 26.1. The van der Waals surface area contributed by atoms with Gasteiger partial charge in [0.1, 0.15) is 17.9 Å². The predicted molar refractivity (Wildman–Crippen MR) is 64.6 cm³/mol. The van der Waals surface area contributed by atoms with Gasteiger partial charge in [-0.1, -0.05) is 0 Å². The van der Waals surface area contributed by atoms with E-state index in [1.165, 1.54) is 6.07 Å². The molecule has 0 radical (unpaired) electrons. The molecule has 0 fully saturated rings. The number of rotatable bonds is 6. The summed E-state index contributed by atoms with van der Waals surface area (Å²) in [5.74, 6) is -2.33. The maximum atomic E-state index is 13.1. The average molecular weight is 302 g/mol. The second-order valence-electron chi connectivity index (χ2n) is 3.78. The van der Waals surface area contributed by atoms with Crippen molar-refractivity contribution < 1.29 is 27.8 Å². The van der Waals surface area contributed by atoms with Gasteiger partial charge in [-0.2, -0.15) is 9.98 Å². The molecule has 1 aromatic carbocycles. The van der Waals surface area contributed by atoms with Gasteiger partial charge in [-0.05, 0) is 24.6 Å². The van der Waals surface area contributed by atoms with E-state index in [1.54, 1.807) is 0 Å². The lowest BCUT2D eigenvalue weighted by molar-refractivity contribution is -0.139. The second kappa shape index (κ2) is 6.42. The zero-order valence-corrected chi connectivity index (χ0v) is 10.9. The first-order chi connectivity index (χ1) is 9.31. The zero-order valence-electron chi connectivity index (χ0n) is 10.1. The number of nitrogens with one attached hydrogen (secondary N) is 1. The lowest BCUT2D eigenvalue weighted by Gasteiger charge is -2.13. The lowest BCUT2D eigenvalue weighted by atomic mass is 10.2. The monoisotopic (exact) mass is 302 g/mol. The molecule has 0 aromatic heterocycles. The zero-order chi connectivity index (χ0) is 15.3. The Balaban J connectivity index is 3.11. The van der Waals surface area contributed by atoms with E-state index in [0.29, 0.717) is 0 Å². The Hall–Kier alpha value is -2.02. The molecule has 3 N–H and O–H groups in total. The normalized spacial score (nSPS) is 12.7. The van der Waals surface area contributed by atoms with Crippen LogP contribution < -0.4 is 4.72 Å². The van der Waals surface area contributed by atoms with Crippen LogP contribution in [0.2, 0.25) is 0 Å². The van der Waals surface area contributed by atoms with E-state index in [2.05, 4.69) is 0 Å². The number of nitrogens with zero attached hydrogens (tertiary/aromatic N) is 1. The van der Waals surface area contributed by atoms with Crippen molar-refractivity contribution in [3.8, 4) is 6.07 Å². The number of hydrogen-bond acceptors (Lipinski definition) is 5. The molecule has 0 amide bonds. The number of aliphatic hydroxyl groups excluding tert-OH is 1. The summed E-state index contributed by atoms with van der Waals surface area (Å²) in [4.78, 5) is 10.4. The van der Waals surface area contributed by atoms with Gasteiger partial charge in [-0.15, -0.1) is 0 Å². The number of nitriles is 1. The van der Waals surface area contributed by atoms with Crippen molar-refractivity contribution in [2.75, 3.05) is 6.61 Å². The minimum absolute atomic E-state index is 0.319. The van der Waals surface area contributed by atoms with Crippen molar-refractivity contribution in [2.45, 2.75) is 17.4 Å². The fraction of sp³-hybridized carbons (Fsp3) is 0.273. The van der Waals surface area contributed by atoms with Crippen molar-refractivity contribution in [3.63, 3.8) is 0 Å². The van der Waals surface area contributed by atoms with Crippen LogP contribution in [0.25, 0.3) is 0 Å². The molecule has 9 heteroatoms. The van der Waals surface area contributed by atoms with E-state index in [4.69, 9.17) is 15.5 Å². The Kier molecular flexibility index (Phi) is 5.15. The highest BCUT2D eigenvalue weighted by molar-refractivity contribution is 7.89. The van der Waals surface area contributed by atoms with Gasteiger partial charge in [0, 0.05) is 6.61 Å². The number of aliphatic carboxylic acids is 1. The summed E-state index contributed by atoms with van der Waals surface area (Å²) >= 11 is 0. The SMILES string of the molecule is N#Cc1cc(S(=O)(=O)NC(CCO)C(=O)O)ccc1F. The second-order valence-corrected chi connectivity index (χ2v) is 5.49. The summed E-state index contributed by atoms with van der Waals surface area (Å²) in [6, 6.07) is 2.49. The number of carbonyl (C=O) groups is 1. The molecule has 1 atom stereocenters. The van der Waals surface area contributed by atoms with Gasteiger partial charge in [-0.3, -0.25) is 4.79 Å². The maximum Gasteiger partial charge on any atom is 0.321 e. The van der Waals surface area contributed by atoms with Crippen LogP contribution in [0.3, 0.4) is 0 Å². The number of hydrogen-bond donors (Lipinski definition) is 3. The molecule has 0 aliphatic heterocycles. The summed E-state index contributed by atoms with van der Waals surface area (Å²) in [6.07, 6.45) is -0.319. The van der Waals surface area contributed by atoms with E-state index < -0.39 is 44.9 Å². The van der Waals surface area contributed by atoms with E-state index in [0.717, 1.165) is 18.2 Å². The number of aliphatic hydroxyl groups is 1. The lowest BCUT2D eigenvalue weighted by Crippen LogP contribution is -2.41. The minimum atomic E-state index is -4.24. The molecule has 0 bridgehead atoms. The van der Waals surface area contributed by atoms with Crippen molar-refractivity contribution in [1.29, 1.82) is 5.26 Å². The van der Waals surface area contributed by atoms with Gasteiger partial charge in [0.2, 0.25) is 10.0 Å². The number of halogens is 1. The molecule has 0 saturated heterocycles. The molecule has 0 spiro atoms. The Morgan fingerprint density at radius 2 is 2.15 bits per heavy atom. The molecule has 0 saturated carbocycles. The quantitative estimate of drug-likeness (QED) is 0.668. The van der Waals surface area contributed by atoms with Crippen LogP contribution in [0, 0.1) is 17.1 Å². The van der Waals surface area contributed by atoms with Crippen molar-refractivity contribution >= 4 is 16.0 Å². The molecule has 0 aliphatic rings. The molecule has 0 heterocycles. The molecule has 20 heavy (non-hydrogen) atoms. The third kappa shape index (κ3) is 3.74. The van der Waals surface area contributed by atoms with E-state index in [1.807, 2.05) is 4.72 Å². The van der Waals surface area contributed by atoms with Gasteiger partial charge in [0.15, 0.2) is 0 Å². The number of benzene rings is 1. The average Bonchev–Trinajstić information content (AvgIpc) is 2.38. The Labute approximate surface area is 114 Å². The number of carboxylic acids is 1. The maximum absolute atomic E-state index is 13.1. The van der Waals surface area contributed by atoms with Crippen molar-refractivity contribution in [1.82, 2.24) is 4.72 Å². The fourth-order valence-corrected chi connectivity index (χ4v) is 2.62. The van der Waals surface area contributed by atoms with Crippen LogP contribution in [-0.4, -0.2) is 37.2 Å². The highest BCUT2D eigenvalue weighted by Gasteiger charge is 2.25. The predicted octanol–water partition coefficient (Wildman–Crippen LogP) is -0.189. The van der Waals surface area contributed by atoms with Crippen LogP contribution in [0.5, 0.6) is 0 Å². The minimum Gasteiger partial charge on any atom is -0.480 e. The van der Waals surface area contributed by atoms with Gasteiger partial charge >= 0.3 is 5.97 Å². The number of carboxylic acid groups (broad SMARTS) is 1. The van der Waals surface area contributed by atoms with Crippen LogP contribution in [0.15, 0.2) is 23.1 Å². The number of sulfonamides is 1. The molecular weight excluding hydrogens is 291 g/mol. The van der Waals surface area contributed by atoms with Gasteiger partial charge in [0.05, 0.1) is 10.5 Å². The Bertz CT molecular complexity index is 653. The third-order valence-corrected chi connectivity index (χ3v) is 3.85. The highest BCUT2D eigenvalue weighted by atomic mass is 32.2. The molecule has 0 aliphatic carbocycles. The molecular formula is C11H11FN2O5S. The molecule has 108 valence electrons. The van der Waals surface area contributed by atoms with Crippen molar-refractivity contribution in [3.05, 3.63) is 29.6 Å². The molecule has 1 aromatic rings. The first kappa shape index (κ1) is 16.0. The summed E-state index contributed by atoms with van der Waals surface area (Å²) in [6.45, 7) is -0.521. The van der Waals surface area contributed by atoms with Crippen LogP contribution in [0.1, 0.15) is 12.0 Å². The highest BCUT2D eigenvalue weighted by Crippen LogP contribution is 2.15. The Morgan fingerprint density at radius 3 is 2.65 bits per heavy atom. The first-order valence-corrected chi connectivity index (χ1v) is 6.85. The van der Waals surface area contributed by atoms with Crippen LogP contribution >= 0.6 is 0 Å². The largest absolute Gasteiger partial charge is 0.480 e. The topological polar surface area (TPSA) is 127 Å². The van der Waals surface area contributed by atoms with E-state index in [9.17, 15) is 17.6 Å². The molecule has 1 unspecified atom stereocenters. The smallest absolute Gasteiger partial charge is 0.321 e. The summed E-state index contributed by atoms with van der Waals surface area (Å²) in [7, 11) is -4.24. The van der Waals surface area contributed by atoms with Gasteiger partial charge in [-0.25, -0.2) is 12.8 Å². The summed E-state index contributed by atoms with van der Waals surface area (Å²) in [5.41, 5.74) is -0.470. The van der Waals surface area contributed by atoms with E-state index in [-0.39, 0.29) is 6.42 Å². The van der Waals surface area contributed by atoms with Gasteiger partial charge < -0.3 is 10.2 Å².